The van der Waals surface area contributed by atoms with Crippen molar-refractivity contribution in [3.05, 3.63) is 59.2 Å². The van der Waals surface area contributed by atoms with Gasteiger partial charge in [-0.3, -0.25) is 0 Å². The fourth-order valence-corrected chi connectivity index (χ4v) is 2.01. The minimum Gasteiger partial charge on any atom is -0.494 e. The van der Waals surface area contributed by atoms with Crippen molar-refractivity contribution >= 4 is 0 Å². The summed E-state index contributed by atoms with van der Waals surface area (Å²) in [7, 11) is 1.11. The Morgan fingerprint density at radius 1 is 1.00 bits per heavy atom. The number of alkyl halides is 2. The molecular formula is C19H16F4O2. The first-order valence-corrected chi connectivity index (χ1v) is 7.57. The number of ether oxygens (including phenoxy) is 2. The van der Waals surface area contributed by atoms with Crippen molar-refractivity contribution in [1.29, 1.82) is 0 Å². The highest BCUT2D eigenvalue weighted by Gasteiger charge is 2.39. The zero-order valence-corrected chi connectivity index (χ0v) is 13.7. The van der Waals surface area contributed by atoms with Crippen LogP contribution in [-0.2, 0) is 6.11 Å². The minimum atomic E-state index is -4.05. The van der Waals surface area contributed by atoms with E-state index < -0.39 is 29.1 Å². The summed E-state index contributed by atoms with van der Waals surface area (Å²) in [5.41, 5.74) is -0.566. The molecule has 0 aliphatic heterocycles. The number of hydrogen-bond donors (Lipinski definition) is 0. The van der Waals surface area contributed by atoms with Crippen molar-refractivity contribution < 1.29 is 27.0 Å². The molecule has 0 heterocycles. The summed E-state index contributed by atoms with van der Waals surface area (Å²) < 4.78 is 64.9. The Bertz CT molecular complexity index is 790. The topological polar surface area (TPSA) is 18.5 Å². The zero-order chi connectivity index (χ0) is 18.4. The van der Waals surface area contributed by atoms with Crippen LogP contribution in [0.15, 0.2) is 36.4 Å². The van der Waals surface area contributed by atoms with Crippen molar-refractivity contribution in [2.24, 2.45) is 0 Å². The van der Waals surface area contributed by atoms with Gasteiger partial charge in [0.25, 0.3) is 0 Å². The Morgan fingerprint density at radius 3 is 2.28 bits per heavy atom. The molecule has 0 fully saturated rings. The third-order valence-corrected chi connectivity index (χ3v) is 3.29. The van der Waals surface area contributed by atoms with Crippen LogP contribution in [0.2, 0.25) is 0 Å². The van der Waals surface area contributed by atoms with E-state index in [0.29, 0.717) is 5.56 Å². The Labute approximate surface area is 143 Å². The Morgan fingerprint density at radius 2 is 1.68 bits per heavy atom. The molecule has 0 amide bonds. The van der Waals surface area contributed by atoms with Gasteiger partial charge in [0.15, 0.2) is 11.6 Å². The van der Waals surface area contributed by atoms with Crippen LogP contribution in [0.4, 0.5) is 17.6 Å². The first-order valence-electron chi connectivity index (χ1n) is 7.57. The molecule has 0 aromatic heterocycles. The van der Waals surface area contributed by atoms with Crippen molar-refractivity contribution in [3.63, 3.8) is 0 Å². The summed E-state index contributed by atoms with van der Waals surface area (Å²) in [6, 6.07) is 7.25. The van der Waals surface area contributed by atoms with Crippen LogP contribution in [0, 0.1) is 23.5 Å². The lowest BCUT2D eigenvalue weighted by atomic mass is 10.1. The normalized spacial score (nSPS) is 10.8. The Balaban J connectivity index is 2.21. The summed E-state index contributed by atoms with van der Waals surface area (Å²) in [4.78, 5) is 0. The molecule has 0 atom stereocenters. The summed E-state index contributed by atoms with van der Waals surface area (Å²) in [5, 5.41) is 0. The van der Waals surface area contributed by atoms with Crippen LogP contribution in [0.25, 0.3) is 0 Å². The van der Waals surface area contributed by atoms with E-state index in [1.807, 2.05) is 6.92 Å². The molecule has 0 bridgehead atoms. The van der Waals surface area contributed by atoms with Gasteiger partial charge in [0.1, 0.15) is 11.3 Å². The van der Waals surface area contributed by atoms with Gasteiger partial charge in [-0.05, 0) is 42.8 Å². The van der Waals surface area contributed by atoms with E-state index in [1.165, 1.54) is 24.3 Å². The number of halogens is 4. The van der Waals surface area contributed by atoms with E-state index in [1.54, 1.807) is 0 Å². The van der Waals surface area contributed by atoms with Crippen LogP contribution in [0.3, 0.4) is 0 Å². The van der Waals surface area contributed by atoms with Gasteiger partial charge >= 0.3 is 6.11 Å². The maximum atomic E-state index is 14.2. The van der Waals surface area contributed by atoms with Gasteiger partial charge in [-0.1, -0.05) is 18.8 Å². The molecular weight excluding hydrogens is 336 g/mol. The van der Waals surface area contributed by atoms with Crippen LogP contribution in [0.5, 0.6) is 11.5 Å². The van der Waals surface area contributed by atoms with E-state index in [-0.39, 0.29) is 5.75 Å². The number of rotatable bonds is 5. The molecule has 2 aromatic rings. The fraction of sp³-hybridized carbons (Fsp3) is 0.263. The molecule has 0 spiro atoms. The molecule has 0 aliphatic carbocycles. The van der Waals surface area contributed by atoms with E-state index in [2.05, 4.69) is 21.3 Å². The molecule has 0 radical (unpaired) electrons. The quantitative estimate of drug-likeness (QED) is 0.540. The fourth-order valence-electron chi connectivity index (χ4n) is 2.01. The van der Waals surface area contributed by atoms with Gasteiger partial charge < -0.3 is 9.47 Å². The summed E-state index contributed by atoms with van der Waals surface area (Å²) in [6.07, 6.45) is -2.39. The second-order valence-electron chi connectivity index (χ2n) is 5.14. The third-order valence-electron chi connectivity index (χ3n) is 3.29. The second kappa shape index (κ2) is 7.93. The molecule has 25 heavy (non-hydrogen) atoms. The van der Waals surface area contributed by atoms with Crippen molar-refractivity contribution in [1.82, 2.24) is 0 Å². The zero-order valence-electron chi connectivity index (χ0n) is 13.7. The summed E-state index contributed by atoms with van der Waals surface area (Å²) >= 11 is 0. The molecule has 0 aliphatic rings. The van der Waals surface area contributed by atoms with Crippen molar-refractivity contribution in [2.75, 3.05) is 7.11 Å². The predicted molar refractivity (Wildman–Crippen MR) is 85.7 cm³/mol. The summed E-state index contributed by atoms with van der Waals surface area (Å²) in [6.45, 7) is 1.99. The lowest BCUT2D eigenvalue weighted by Gasteiger charge is -2.19. The molecule has 0 N–H and O–H groups in total. The summed E-state index contributed by atoms with van der Waals surface area (Å²) in [5.74, 6) is 1.94. The average molecular weight is 352 g/mol. The molecule has 2 nitrogen and oxygen atoms in total. The van der Waals surface area contributed by atoms with E-state index in [4.69, 9.17) is 0 Å². The number of methoxy groups -OCH3 is 1. The standard InChI is InChI=1S/C19H16F4O2/c1-3-4-5-6-13-7-9-14(10-8-13)25-19(22,23)15-11-12-16(24-2)18(21)17(15)20/h7-12H,3-4H2,1-2H3. The number of unbranched alkanes of at least 4 members (excludes halogenated alkanes) is 1. The average Bonchev–Trinajstić information content (AvgIpc) is 2.58. The lowest BCUT2D eigenvalue weighted by Crippen LogP contribution is -2.24. The molecule has 2 aromatic carbocycles. The van der Waals surface area contributed by atoms with Gasteiger partial charge in [-0.25, -0.2) is 4.39 Å². The van der Waals surface area contributed by atoms with Crippen LogP contribution < -0.4 is 9.47 Å². The Kier molecular flexibility index (Phi) is 5.92. The smallest absolute Gasteiger partial charge is 0.429 e. The lowest BCUT2D eigenvalue weighted by molar-refractivity contribution is -0.187. The van der Waals surface area contributed by atoms with Crippen molar-refractivity contribution in [3.8, 4) is 23.3 Å². The molecule has 0 saturated heterocycles. The van der Waals surface area contributed by atoms with Gasteiger partial charge in [0.2, 0.25) is 5.82 Å². The Hall–Kier alpha value is -2.68. The first kappa shape index (κ1) is 18.7. The molecule has 0 unspecified atom stereocenters. The highest BCUT2D eigenvalue weighted by Crippen LogP contribution is 2.36. The predicted octanol–water partition coefficient (Wildman–Crippen LogP) is 5.25. The molecule has 2 rings (SSSR count). The van der Waals surface area contributed by atoms with E-state index >= 15 is 0 Å². The SMILES string of the molecule is CCCC#Cc1ccc(OC(F)(F)c2ccc(OC)c(F)c2F)cc1. The van der Waals surface area contributed by atoms with Crippen LogP contribution >= 0.6 is 0 Å². The van der Waals surface area contributed by atoms with E-state index in [0.717, 1.165) is 32.1 Å². The number of hydrogen-bond acceptors (Lipinski definition) is 2. The van der Waals surface area contributed by atoms with Gasteiger partial charge in [0, 0.05) is 12.0 Å². The largest absolute Gasteiger partial charge is 0.494 e. The van der Waals surface area contributed by atoms with Crippen LogP contribution in [0.1, 0.15) is 30.9 Å². The maximum Gasteiger partial charge on any atom is 0.429 e. The number of benzene rings is 2. The van der Waals surface area contributed by atoms with E-state index in [9.17, 15) is 17.6 Å². The molecule has 0 saturated carbocycles. The second-order valence-corrected chi connectivity index (χ2v) is 5.14. The molecule has 6 heteroatoms. The highest BCUT2D eigenvalue weighted by atomic mass is 19.3. The maximum absolute atomic E-state index is 14.2. The van der Waals surface area contributed by atoms with Crippen LogP contribution in [-0.4, -0.2) is 7.11 Å². The minimum absolute atomic E-state index is 0.193. The highest BCUT2D eigenvalue weighted by molar-refractivity contribution is 5.39. The first-order chi connectivity index (χ1) is 11.9. The molecule has 132 valence electrons. The van der Waals surface area contributed by atoms with Crippen molar-refractivity contribution in [2.45, 2.75) is 25.9 Å². The van der Waals surface area contributed by atoms with Gasteiger partial charge in [0.05, 0.1) is 7.11 Å². The van der Waals surface area contributed by atoms with Gasteiger partial charge in [-0.15, -0.1) is 0 Å². The van der Waals surface area contributed by atoms with Gasteiger partial charge in [-0.2, -0.15) is 13.2 Å². The third kappa shape index (κ3) is 4.44. The monoisotopic (exact) mass is 352 g/mol.